The predicted molar refractivity (Wildman–Crippen MR) is 237 cm³/mol. The van der Waals surface area contributed by atoms with E-state index < -0.39 is 0 Å². The number of rotatable bonds is 6. The van der Waals surface area contributed by atoms with E-state index in [-0.39, 0.29) is 47.4 Å². The van der Waals surface area contributed by atoms with E-state index in [1.54, 1.807) is 0 Å². The maximum absolute atomic E-state index is 9.95. The van der Waals surface area contributed by atoms with Gasteiger partial charge in [0.05, 0.1) is 30.3 Å². The Morgan fingerprint density at radius 1 is 0.268 bits per heavy atom. The monoisotopic (exact) mass is 718 g/mol. The second-order valence-electron chi connectivity index (χ2n) is 14.1. The standard InChI is InChI=1S/C54H36N2/c1-4-12-37(13-5-1)40-20-27-45(28-21-40)55-51-19-11-10-18-47(51)49-34-42(25-32-52(49)55)43-26-33-53-50(35-43)48-31-24-44(39-16-8-3-9-17-39)36-54(48)56(53)46-29-22-41(23-30-46)38-14-6-2-7-15-38/h1-36H/i25D,26D,32D,33D,34D,35D. The maximum atomic E-state index is 9.95. The average molecular weight is 719 g/mol. The van der Waals surface area contributed by atoms with Gasteiger partial charge < -0.3 is 9.13 Å². The minimum Gasteiger partial charge on any atom is -0.309 e. The second-order valence-corrected chi connectivity index (χ2v) is 14.1. The van der Waals surface area contributed by atoms with Gasteiger partial charge >= 0.3 is 0 Å². The summed E-state index contributed by atoms with van der Waals surface area (Å²) in [5, 5.41) is 2.35. The number of hydrogen-bond donors (Lipinski definition) is 0. The molecule has 0 N–H and O–H groups in total. The molecule has 0 atom stereocenters. The first-order chi connectivity index (χ1) is 30.3. The molecule has 2 heterocycles. The topological polar surface area (TPSA) is 9.86 Å². The van der Waals surface area contributed by atoms with Crippen LogP contribution in [0, 0.1) is 0 Å². The molecule has 0 amide bonds. The molecule has 56 heavy (non-hydrogen) atoms. The molecule has 0 aliphatic rings. The molecule has 0 aliphatic carbocycles. The maximum Gasteiger partial charge on any atom is 0.0645 e. The predicted octanol–water partition coefficient (Wildman–Crippen LogP) is 14.5. The van der Waals surface area contributed by atoms with Crippen LogP contribution in [0.1, 0.15) is 8.22 Å². The normalized spacial score (nSPS) is 13.1. The molecule has 11 rings (SSSR count). The Balaban J connectivity index is 1.16. The Kier molecular flexibility index (Phi) is 6.20. The molecular weight excluding hydrogens is 677 g/mol. The van der Waals surface area contributed by atoms with Crippen molar-refractivity contribution < 1.29 is 8.22 Å². The van der Waals surface area contributed by atoms with E-state index >= 15 is 0 Å². The van der Waals surface area contributed by atoms with Gasteiger partial charge in [0.2, 0.25) is 0 Å². The fourth-order valence-corrected chi connectivity index (χ4v) is 8.04. The highest BCUT2D eigenvalue weighted by atomic mass is 15.0. The van der Waals surface area contributed by atoms with Gasteiger partial charge in [-0.2, -0.15) is 0 Å². The van der Waals surface area contributed by atoms with Gasteiger partial charge in [-0.05, 0) is 105 Å². The van der Waals surface area contributed by atoms with Crippen LogP contribution in [0.3, 0.4) is 0 Å². The molecule has 9 aromatic carbocycles. The Morgan fingerprint density at radius 2 is 0.661 bits per heavy atom. The van der Waals surface area contributed by atoms with Gasteiger partial charge in [0.25, 0.3) is 0 Å². The molecule has 0 spiro atoms. The summed E-state index contributed by atoms with van der Waals surface area (Å²) in [6.45, 7) is 0. The van der Waals surface area contributed by atoms with Crippen molar-refractivity contribution in [2.75, 3.05) is 0 Å². The summed E-state index contributed by atoms with van der Waals surface area (Å²) in [6.07, 6.45) is 0. The van der Waals surface area contributed by atoms with Crippen LogP contribution in [0.2, 0.25) is 0 Å². The van der Waals surface area contributed by atoms with E-state index in [9.17, 15) is 8.22 Å². The second kappa shape index (κ2) is 13.2. The summed E-state index contributed by atoms with van der Waals surface area (Å²) in [5.41, 5.74) is 10.1. The third-order valence-electron chi connectivity index (χ3n) is 10.8. The third kappa shape index (κ3) is 5.34. The third-order valence-corrected chi connectivity index (χ3v) is 10.8. The fourth-order valence-electron chi connectivity index (χ4n) is 8.04. The van der Waals surface area contributed by atoms with Gasteiger partial charge in [0, 0.05) is 32.9 Å². The average Bonchev–Trinajstić information content (AvgIpc) is 3.86. The molecule has 2 nitrogen and oxygen atoms in total. The molecule has 2 aromatic heterocycles. The first-order valence-corrected chi connectivity index (χ1v) is 18.8. The summed E-state index contributed by atoms with van der Waals surface area (Å²) >= 11 is 0. The van der Waals surface area contributed by atoms with Gasteiger partial charge in [-0.1, -0.05) is 158 Å². The zero-order valence-electron chi connectivity index (χ0n) is 36.2. The van der Waals surface area contributed by atoms with E-state index in [1.165, 1.54) is 0 Å². The number of fused-ring (bicyclic) bond motifs is 6. The number of hydrogen-bond acceptors (Lipinski definition) is 0. The minimum atomic E-state index is -0.267. The molecule has 0 saturated carbocycles. The molecule has 0 aliphatic heterocycles. The van der Waals surface area contributed by atoms with E-state index in [4.69, 9.17) is 0 Å². The lowest BCUT2D eigenvalue weighted by Gasteiger charge is -2.11. The molecule has 0 radical (unpaired) electrons. The van der Waals surface area contributed by atoms with E-state index in [0.717, 1.165) is 61.2 Å². The summed E-state index contributed by atoms with van der Waals surface area (Å²) < 4.78 is 62.2. The van der Waals surface area contributed by atoms with Gasteiger partial charge in [-0.25, -0.2) is 0 Å². The van der Waals surface area contributed by atoms with Crippen LogP contribution in [0.15, 0.2) is 218 Å². The van der Waals surface area contributed by atoms with Crippen LogP contribution in [-0.2, 0) is 0 Å². The van der Waals surface area contributed by atoms with Crippen molar-refractivity contribution in [1.29, 1.82) is 0 Å². The van der Waals surface area contributed by atoms with Crippen LogP contribution in [0.5, 0.6) is 0 Å². The molecule has 0 unspecified atom stereocenters. The van der Waals surface area contributed by atoms with Gasteiger partial charge in [0.1, 0.15) is 0 Å². The van der Waals surface area contributed by atoms with Crippen molar-refractivity contribution in [3.63, 3.8) is 0 Å². The highest BCUT2D eigenvalue weighted by Crippen LogP contribution is 2.40. The number of nitrogens with zero attached hydrogens (tertiary/aromatic N) is 2. The van der Waals surface area contributed by atoms with Crippen molar-refractivity contribution in [2.24, 2.45) is 0 Å². The lowest BCUT2D eigenvalue weighted by atomic mass is 9.99. The molecule has 0 fully saturated rings. The fraction of sp³-hybridized carbons (Fsp3) is 0. The van der Waals surface area contributed by atoms with Crippen LogP contribution < -0.4 is 0 Å². The van der Waals surface area contributed by atoms with Gasteiger partial charge in [-0.15, -0.1) is 0 Å². The number of aromatic nitrogens is 2. The quantitative estimate of drug-likeness (QED) is 0.162. The van der Waals surface area contributed by atoms with Crippen molar-refractivity contribution in [3.8, 4) is 55.9 Å². The van der Waals surface area contributed by atoms with Crippen molar-refractivity contribution in [1.82, 2.24) is 9.13 Å². The van der Waals surface area contributed by atoms with Crippen LogP contribution in [-0.4, -0.2) is 9.13 Å². The Labute approximate surface area is 334 Å². The van der Waals surface area contributed by atoms with E-state index in [1.807, 2.05) is 161 Å². The molecule has 262 valence electrons. The van der Waals surface area contributed by atoms with Gasteiger partial charge in [0.15, 0.2) is 0 Å². The molecular formula is C54H36N2. The summed E-state index contributed by atoms with van der Waals surface area (Å²) in [4.78, 5) is 0. The minimum absolute atomic E-state index is 0.00237. The van der Waals surface area contributed by atoms with Crippen LogP contribution >= 0.6 is 0 Å². The van der Waals surface area contributed by atoms with Crippen LogP contribution in [0.25, 0.3) is 99.5 Å². The zero-order valence-corrected chi connectivity index (χ0v) is 30.2. The summed E-state index contributed by atoms with van der Waals surface area (Å²) in [7, 11) is 0. The SMILES string of the molecule is [2H]c1c(-c2c([2H])c([2H])c3c(c2[2H])c2ccc(-c4ccccc4)cc2n3-c2ccc(-c3ccccc3)cc2)c([2H])c2c3ccccc3n(-c3ccc(-c4ccccc4)cc3)c2c1[2H]. The van der Waals surface area contributed by atoms with Crippen molar-refractivity contribution in [2.45, 2.75) is 0 Å². The molecule has 11 aromatic rings. The number of benzene rings is 9. The lowest BCUT2D eigenvalue weighted by molar-refractivity contribution is 1.18. The highest BCUT2D eigenvalue weighted by Gasteiger charge is 2.17. The molecule has 0 bridgehead atoms. The molecule has 0 saturated heterocycles. The summed E-state index contributed by atoms with van der Waals surface area (Å²) in [6, 6.07) is 59.3. The van der Waals surface area contributed by atoms with Crippen molar-refractivity contribution >= 4 is 43.6 Å². The highest BCUT2D eigenvalue weighted by molar-refractivity contribution is 6.13. The Bertz CT molecular complexity index is 3540. The Hall–Kier alpha value is -7.42. The zero-order chi connectivity index (χ0) is 42.2. The van der Waals surface area contributed by atoms with E-state index in [2.05, 4.69) is 30.3 Å². The van der Waals surface area contributed by atoms with Crippen molar-refractivity contribution in [3.05, 3.63) is 218 Å². The van der Waals surface area contributed by atoms with Crippen LogP contribution in [0.4, 0.5) is 0 Å². The number of para-hydroxylation sites is 1. The summed E-state index contributed by atoms with van der Waals surface area (Å²) in [5.74, 6) is 0. The van der Waals surface area contributed by atoms with Gasteiger partial charge in [-0.3, -0.25) is 0 Å². The largest absolute Gasteiger partial charge is 0.309 e. The first kappa shape index (κ1) is 26.4. The Morgan fingerprint density at radius 3 is 1.18 bits per heavy atom. The van der Waals surface area contributed by atoms with E-state index in [0.29, 0.717) is 27.2 Å². The smallest absolute Gasteiger partial charge is 0.0645 e. The first-order valence-electron chi connectivity index (χ1n) is 21.8. The lowest BCUT2D eigenvalue weighted by Crippen LogP contribution is -1.94. The molecule has 2 heteroatoms.